The summed E-state index contributed by atoms with van der Waals surface area (Å²) in [5, 5.41) is 6.34. The standard InChI is InChI=1S/C55H46N2S/c1-54(2,3)37-26-32-46-48(34-37)55(4,5)47-22-15-21-45(53(46)47)42-19-10-13-24-50(42)57(40-31-33-44-43-20-11-14-25-51(43)58-52(44)35-40)39-29-27-38(28-30-39)56-49-23-12-9-18-41(49)36-16-7-6-8-17-36/h6-35,56H,1-5H3. The SMILES string of the molecule is CC(C)(C)c1ccc2c(c1)C(C)(C)c1cccc(-c3ccccc3N(c3ccc(Nc4ccccc4-c4ccccc4)cc3)c3ccc4c(c3)sc3ccccc34)c1-2. The van der Waals surface area contributed by atoms with Gasteiger partial charge in [0.15, 0.2) is 0 Å². The molecule has 0 bridgehead atoms. The topological polar surface area (TPSA) is 15.3 Å². The van der Waals surface area contributed by atoms with Gasteiger partial charge in [0, 0.05) is 59.5 Å². The van der Waals surface area contributed by atoms with E-state index in [1.165, 1.54) is 70.2 Å². The number of para-hydroxylation sites is 2. The predicted molar refractivity (Wildman–Crippen MR) is 251 cm³/mol. The highest BCUT2D eigenvalue weighted by Gasteiger charge is 2.38. The Balaban J connectivity index is 1.12. The van der Waals surface area contributed by atoms with Gasteiger partial charge in [0.25, 0.3) is 0 Å². The Bertz CT molecular complexity index is 2980. The van der Waals surface area contributed by atoms with E-state index in [4.69, 9.17) is 0 Å². The zero-order valence-corrected chi connectivity index (χ0v) is 34.5. The van der Waals surface area contributed by atoms with Gasteiger partial charge in [0.05, 0.1) is 5.69 Å². The molecule has 1 aromatic heterocycles. The molecular formula is C55H46N2S. The number of hydrogen-bond acceptors (Lipinski definition) is 3. The van der Waals surface area contributed by atoms with Gasteiger partial charge >= 0.3 is 0 Å². The zero-order chi connectivity index (χ0) is 39.6. The summed E-state index contributed by atoms with van der Waals surface area (Å²) >= 11 is 1.86. The van der Waals surface area contributed by atoms with E-state index in [1.807, 2.05) is 11.3 Å². The first-order chi connectivity index (χ1) is 28.1. The molecule has 0 spiro atoms. The summed E-state index contributed by atoms with van der Waals surface area (Å²) < 4.78 is 2.59. The van der Waals surface area contributed by atoms with Gasteiger partial charge in [-0.2, -0.15) is 0 Å². The number of benzene rings is 8. The molecule has 8 aromatic carbocycles. The number of hydrogen-bond donors (Lipinski definition) is 1. The van der Waals surface area contributed by atoms with Crippen molar-refractivity contribution in [3.63, 3.8) is 0 Å². The maximum atomic E-state index is 3.73. The van der Waals surface area contributed by atoms with Crippen molar-refractivity contribution in [3.05, 3.63) is 199 Å². The lowest BCUT2D eigenvalue weighted by Crippen LogP contribution is -2.17. The zero-order valence-electron chi connectivity index (χ0n) is 33.7. The monoisotopic (exact) mass is 766 g/mol. The van der Waals surface area contributed by atoms with Crippen molar-refractivity contribution in [1.29, 1.82) is 0 Å². The summed E-state index contributed by atoms with van der Waals surface area (Å²) in [5.74, 6) is 0. The highest BCUT2D eigenvalue weighted by Crippen LogP contribution is 2.54. The summed E-state index contributed by atoms with van der Waals surface area (Å²) in [6.45, 7) is 11.7. The van der Waals surface area contributed by atoms with Gasteiger partial charge in [0.1, 0.15) is 0 Å². The lowest BCUT2D eigenvalue weighted by Gasteiger charge is -2.29. The van der Waals surface area contributed by atoms with E-state index in [-0.39, 0.29) is 10.8 Å². The van der Waals surface area contributed by atoms with E-state index in [0.717, 1.165) is 28.4 Å². The van der Waals surface area contributed by atoms with E-state index in [1.54, 1.807) is 0 Å². The Morgan fingerprint density at radius 1 is 0.500 bits per heavy atom. The molecule has 0 unspecified atom stereocenters. The fraction of sp³-hybridized carbons (Fsp3) is 0.127. The molecule has 58 heavy (non-hydrogen) atoms. The summed E-state index contributed by atoms with van der Waals surface area (Å²) in [5.41, 5.74) is 17.1. The van der Waals surface area contributed by atoms with Gasteiger partial charge in [-0.15, -0.1) is 11.3 Å². The van der Waals surface area contributed by atoms with E-state index in [9.17, 15) is 0 Å². The molecule has 10 rings (SSSR count). The van der Waals surface area contributed by atoms with Crippen LogP contribution in [-0.4, -0.2) is 0 Å². The number of rotatable bonds is 7. The maximum absolute atomic E-state index is 3.73. The molecule has 3 heteroatoms. The van der Waals surface area contributed by atoms with E-state index in [2.05, 4.69) is 227 Å². The van der Waals surface area contributed by atoms with Gasteiger partial charge in [-0.3, -0.25) is 0 Å². The Kier molecular flexibility index (Phi) is 8.62. The van der Waals surface area contributed by atoms with Crippen LogP contribution in [0.3, 0.4) is 0 Å². The Morgan fingerprint density at radius 2 is 1.17 bits per heavy atom. The average Bonchev–Trinajstić information content (AvgIpc) is 3.73. The van der Waals surface area contributed by atoms with Gasteiger partial charge < -0.3 is 10.2 Å². The minimum Gasteiger partial charge on any atom is -0.355 e. The third kappa shape index (κ3) is 6.09. The molecule has 0 fully saturated rings. The molecule has 1 heterocycles. The largest absolute Gasteiger partial charge is 0.355 e. The van der Waals surface area contributed by atoms with Crippen molar-refractivity contribution in [3.8, 4) is 33.4 Å². The van der Waals surface area contributed by atoms with Crippen molar-refractivity contribution in [2.45, 2.75) is 45.4 Å². The fourth-order valence-electron chi connectivity index (χ4n) is 8.97. The summed E-state index contributed by atoms with van der Waals surface area (Å²) in [7, 11) is 0. The third-order valence-corrected chi connectivity index (χ3v) is 13.2. The second-order valence-corrected chi connectivity index (χ2v) is 18.2. The molecular weight excluding hydrogens is 721 g/mol. The first-order valence-corrected chi connectivity index (χ1v) is 21.1. The number of anilines is 5. The summed E-state index contributed by atoms with van der Waals surface area (Å²) in [4.78, 5) is 2.45. The molecule has 2 nitrogen and oxygen atoms in total. The van der Waals surface area contributed by atoms with Gasteiger partial charge in [-0.25, -0.2) is 0 Å². The minimum absolute atomic E-state index is 0.0711. The van der Waals surface area contributed by atoms with Crippen LogP contribution in [0.4, 0.5) is 28.4 Å². The number of thiophene rings is 1. The second-order valence-electron chi connectivity index (χ2n) is 17.1. The highest BCUT2D eigenvalue weighted by atomic mass is 32.1. The molecule has 282 valence electrons. The molecule has 0 saturated heterocycles. The molecule has 0 radical (unpaired) electrons. The number of nitrogens with one attached hydrogen (secondary N) is 1. The maximum Gasteiger partial charge on any atom is 0.0540 e. The predicted octanol–water partition coefficient (Wildman–Crippen LogP) is 16.2. The van der Waals surface area contributed by atoms with Crippen molar-refractivity contribution < 1.29 is 0 Å². The van der Waals surface area contributed by atoms with Crippen LogP contribution in [0.25, 0.3) is 53.6 Å². The normalized spacial score (nSPS) is 13.1. The summed E-state index contributed by atoms with van der Waals surface area (Å²) in [6, 6.07) is 66.8. The highest BCUT2D eigenvalue weighted by molar-refractivity contribution is 7.25. The smallest absolute Gasteiger partial charge is 0.0540 e. The molecule has 0 saturated carbocycles. The van der Waals surface area contributed by atoms with Crippen LogP contribution in [0, 0.1) is 0 Å². The van der Waals surface area contributed by atoms with Crippen molar-refractivity contribution in [1.82, 2.24) is 0 Å². The van der Waals surface area contributed by atoms with Crippen LogP contribution in [0.15, 0.2) is 182 Å². The quantitative estimate of drug-likeness (QED) is 0.174. The van der Waals surface area contributed by atoms with Crippen LogP contribution in [0.2, 0.25) is 0 Å². The van der Waals surface area contributed by atoms with Crippen LogP contribution in [0.1, 0.15) is 51.3 Å². The minimum atomic E-state index is -0.120. The molecule has 9 aromatic rings. The molecule has 1 aliphatic carbocycles. The summed E-state index contributed by atoms with van der Waals surface area (Å²) in [6.07, 6.45) is 0. The lowest BCUT2D eigenvalue weighted by atomic mass is 9.79. The van der Waals surface area contributed by atoms with Crippen molar-refractivity contribution in [2.24, 2.45) is 0 Å². The lowest BCUT2D eigenvalue weighted by molar-refractivity contribution is 0.584. The fourth-order valence-corrected chi connectivity index (χ4v) is 10.1. The Morgan fingerprint density at radius 3 is 1.98 bits per heavy atom. The van der Waals surface area contributed by atoms with Gasteiger partial charge in [-0.05, 0) is 99.0 Å². The van der Waals surface area contributed by atoms with Crippen LogP contribution < -0.4 is 10.2 Å². The molecule has 0 atom stereocenters. The Labute approximate surface area is 346 Å². The van der Waals surface area contributed by atoms with E-state index < -0.39 is 0 Å². The van der Waals surface area contributed by atoms with E-state index >= 15 is 0 Å². The average molecular weight is 767 g/mol. The second kappa shape index (κ2) is 13.9. The third-order valence-electron chi connectivity index (χ3n) is 12.0. The molecule has 0 amide bonds. The van der Waals surface area contributed by atoms with E-state index in [0.29, 0.717) is 0 Å². The first-order valence-electron chi connectivity index (χ1n) is 20.3. The van der Waals surface area contributed by atoms with Gasteiger partial charge in [0.2, 0.25) is 0 Å². The van der Waals surface area contributed by atoms with Gasteiger partial charge in [-0.1, -0.05) is 162 Å². The van der Waals surface area contributed by atoms with Crippen LogP contribution >= 0.6 is 11.3 Å². The van der Waals surface area contributed by atoms with Crippen molar-refractivity contribution in [2.75, 3.05) is 10.2 Å². The number of nitrogens with zero attached hydrogens (tertiary/aromatic N) is 1. The number of fused-ring (bicyclic) bond motifs is 6. The molecule has 1 N–H and O–H groups in total. The van der Waals surface area contributed by atoms with Crippen LogP contribution in [-0.2, 0) is 10.8 Å². The first kappa shape index (κ1) is 36.0. The molecule has 1 aliphatic rings. The van der Waals surface area contributed by atoms with Crippen LogP contribution in [0.5, 0.6) is 0 Å². The molecule has 0 aliphatic heterocycles. The Hall–Kier alpha value is -6.42. The van der Waals surface area contributed by atoms with Crippen molar-refractivity contribution >= 4 is 59.9 Å².